The zero-order valence-electron chi connectivity index (χ0n) is 15.8. The topological polar surface area (TPSA) is 58.5 Å². The van der Waals surface area contributed by atoms with E-state index in [4.69, 9.17) is 4.74 Å². The lowest BCUT2D eigenvalue weighted by Crippen LogP contribution is -2.38. The first-order valence-electron chi connectivity index (χ1n) is 8.87. The first-order valence-corrected chi connectivity index (χ1v) is 8.87. The minimum absolute atomic E-state index is 0. The van der Waals surface area contributed by atoms with Crippen LogP contribution in [0, 0.1) is 6.92 Å². The van der Waals surface area contributed by atoms with Crippen molar-refractivity contribution in [1.29, 1.82) is 0 Å². The van der Waals surface area contributed by atoms with Crippen molar-refractivity contribution in [3.05, 3.63) is 59.4 Å². The molecule has 6 heteroatoms. The van der Waals surface area contributed by atoms with Crippen molar-refractivity contribution in [2.24, 2.45) is 4.99 Å². The van der Waals surface area contributed by atoms with Crippen molar-refractivity contribution in [2.75, 3.05) is 19.7 Å². The molecule has 0 radical (unpaired) electrons. The number of rotatable bonds is 8. The SMILES string of the molecule is CCNC(=NCc1ccc(OCC)c(C)c1)NCCc1ccccn1.I. The molecule has 0 saturated heterocycles. The van der Waals surface area contributed by atoms with E-state index in [0.29, 0.717) is 13.2 Å². The minimum atomic E-state index is 0. The van der Waals surface area contributed by atoms with E-state index in [1.807, 2.05) is 37.4 Å². The zero-order chi connectivity index (χ0) is 17.9. The summed E-state index contributed by atoms with van der Waals surface area (Å²) in [4.78, 5) is 9.00. The molecule has 0 aliphatic rings. The van der Waals surface area contributed by atoms with E-state index >= 15 is 0 Å². The lowest BCUT2D eigenvalue weighted by atomic mass is 10.1. The Kier molecular flexibility index (Phi) is 10.7. The van der Waals surface area contributed by atoms with Crippen molar-refractivity contribution in [2.45, 2.75) is 33.7 Å². The molecule has 1 heterocycles. The van der Waals surface area contributed by atoms with Gasteiger partial charge >= 0.3 is 0 Å². The molecule has 0 amide bonds. The van der Waals surface area contributed by atoms with Crippen LogP contribution in [0.4, 0.5) is 0 Å². The van der Waals surface area contributed by atoms with E-state index in [1.165, 1.54) is 5.56 Å². The van der Waals surface area contributed by atoms with Gasteiger partial charge in [-0.25, -0.2) is 4.99 Å². The third kappa shape index (κ3) is 7.59. The Hall–Kier alpha value is -1.83. The fourth-order valence-electron chi connectivity index (χ4n) is 2.49. The number of halogens is 1. The molecule has 2 rings (SSSR count). The Balaban J connectivity index is 0.00000338. The summed E-state index contributed by atoms with van der Waals surface area (Å²) in [5, 5.41) is 6.64. The van der Waals surface area contributed by atoms with Gasteiger partial charge in [0.25, 0.3) is 0 Å². The van der Waals surface area contributed by atoms with E-state index in [0.717, 1.165) is 42.5 Å². The predicted molar refractivity (Wildman–Crippen MR) is 119 cm³/mol. The molecule has 0 saturated carbocycles. The first-order chi connectivity index (χ1) is 12.2. The molecule has 2 N–H and O–H groups in total. The summed E-state index contributed by atoms with van der Waals surface area (Å²) < 4.78 is 5.58. The quantitative estimate of drug-likeness (QED) is 0.353. The third-order valence-electron chi connectivity index (χ3n) is 3.70. The summed E-state index contributed by atoms with van der Waals surface area (Å²) in [6.07, 6.45) is 2.69. The van der Waals surface area contributed by atoms with Crippen LogP contribution in [-0.2, 0) is 13.0 Å². The molecule has 0 spiro atoms. The van der Waals surface area contributed by atoms with E-state index in [-0.39, 0.29) is 24.0 Å². The molecule has 142 valence electrons. The van der Waals surface area contributed by atoms with Crippen molar-refractivity contribution in [1.82, 2.24) is 15.6 Å². The van der Waals surface area contributed by atoms with Crippen LogP contribution in [0.5, 0.6) is 5.75 Å². The highest BCUT2D eigenvalue weighted by molar-refractivity contribution is 14.0. The number of ether oxygens (including phenoxy) is 1. The van der Waals surface area contributed by atoms with Crippen LogP contribution in [0.1, 0.15) is 30.7 Å². The molecular weight excluding hydrogens is 439 g/mol. The Morgan fingerprint density at radius 1 is 1.15 bits per heavy atom. The van der Waals surface area contributed by atoms with Gasteiger partial charge in [0, 0.05) is 31.4 Å². The monoisotopic (exact) mass is 468 g/mol. The molecule has 0 unspecified atom stereocenters. The summed E-state index contributed by atoms with van der Waals surface area (Å²) >= 11 is 0. The number of aromatic nitrogens is 1. The maximum Gasteiger partial charge on any atom is 0.191 e. The summed E-state index contributed by atoms with van der Waals surface area (Å²) in [7, 11) is 0. The zero-order valence-corrected chi connectivity index (χ0v) is 18.1. The molecule has 0 fully saturated rings. The standard InChI is InChI=1S/C20H28N4O.HI/c1-4-21-20(23-13-11-18-8-6-7-12-22-18)24-15-17-9-10-19(25-5-2)16(3)14-17;/h6-10,12,14H,4-5,11,13,15H2,1-3H3,(H2,21,23,24);1H. The molecule has 2 aromatic rings. The van der Waals surface area contributed by atoms with Crippen LogP contribution in [0.15, 0.2) is 47.6 Å². The highest BCUT2D eigenvalue weighted by atomic mass is 127. The Morgan fingerprint density at radius 3 is 2.65 bits per heavy atom. The van der Waals surface area contributed by atoms with Crippen LogP contribution in [-0.4, -0.2) is 30.6 Å². The molecular formula is C20H29IN4O. The van der Waals surface area contributed by atoms with Gasteiger partial charge in [-0.15, -0.1) is 24.0 Å². The van der Waals surface area contributed by atoms with Crippen LogP contribution in [0.2, 0.25) is 0 Å². The number of guanidine groups is 1. The van der Waals surface area contributed by atoms with Crippen molar-refractivity contribution >= 4 is 29.9 Å². The number of aryl methyl sites for hydroxylation is 1. The Morgan fingerprint density at radius 2 is 2.00 bits per heavy atom. The van der Waals surface area contributed by atoms with Crippen molar-refractivity contribution in [3.8, 4) is 5.75 Å². The van der Waals surface area contributed by atoms with Crippen molar-refractivity contribution < 1.29 is 4.74 Å². The highest BCUT2D eigenvalue weighted by Gasteiger charge is 2.02. The molecule has 0 atom stereocenters. The van der Waals surface area contributed by atoms with Crippen LogP contribution >= 0.6 is 24.0 Å². The van der Waals surface area contributed by atoms with Crippen molar-refractivity contribution in [3.63, 3.8) is 0 Å². The number of hydrogen-bond acceptors (Lipinski definition) is 3. The number of nitrogens with zero attached hydrogens (tertiary/aromatic N) is 2. The Bertz CT molecular complexity index is 677. The molecule has 1 aromatic heterocycles. The molecule has 0 aliphatic carbocycles. The molecule has 26 heavy (non-hydrogen) atoms. The summed E-state index contributed by atoms with van der Waals surface area (Å²) in [6.45, 7) is 9.07. The molecule has 5 nitrogen and oxygen atoms in total. The van der Waals surface area contributed by atoms with Gasteiger partial charge in [0.1, 0.15) is 5.75 Å². The lowest BCUT2D eigenvalue weighted by molar-refractivity contribution is 0.338. The normalized spacial score (nSPS) is 10.8. The average molecular weight is 468 g/mol. The Labute approximate surface area is 173 Å². The number of benzene rings is 1. The minimum Gasteiger partial charge on any atom is -0.494 e. The summed E-state index contributed by atoms with van der Waals surface area (Å²) in [5.74, 6) is 1.76. The largest absolute Gasteiger partial charge is 0.494 e. The second-order valence-corrected chi connectivity index (χ2v) is 5.73. The summed E-state index contributed by atoms with van der Waals surface area (Å²) in [6, 6.07) is 12.2. The van der Waals surface area contributed by atoms with Crippen LogP contribution in [0.3, 0.4) is 0 Å². The smallest absolute Gasteiger partial charge is 0.191 e. The van der Waals surface area contributed by atoms with E-state index in [1.54, 1.807) is 0 Å². The van der Waals surface area contributed by atoms with Crippen LogP contribution < -0.4 is 15.4 Å². The second kappa shape index (κ2) is 12.5. The number of nitrogens with one attached hydrogen (secondary N) is 2. The maximum atomic E-state index is 5.58. The van der Waals surface area contributed by atoms with Gasteiger partial charge in [-0.2, -0.15) is 0 Å². The van der Waals surface area contributed by atoms with Gasteiger partial charge in [0.15, 0.2) is 5.96 Å². The summed E-state index contributed by atoms with van der Waals surface area (Å²) in [5.41, 5.74) is 3.39. The van der Waals surface area contributed by atoms with Crippen LogP contribution in [0.25, 0.3) is 0 Å². The van der Waals surface area contributed by atoms with Gasteiger partial charge in [-0.1, -0.05) is 18.2 Å². The second-order valence-electron chi connectivity index (χ2n) is 5.73. The fraction of sp³-hybridized carbons (Fsp3) is 0.400. The number of hydrogen-bond donors (Lipinski definition) is 2. The molecule has 1 aromatic carbocycles. The maximum absolute atomic E-state index is 5.58. The third-order valence-corrected chi connectivity index (χ3v) is 3.70. The molecule has 0 bridgehead atoms. The first kappa shape index (κ1) is 22.2. The predicted octanol–water partition coefficient (Wildman–Crippen LogP) is 3.70. The van der Waals surface area contributed by atoms with E-state index < -0.39 is 0 Å². The number of pyridine rings is 1. The van der Waals surface area contributed by atoms with E-state index in [9.17, 15) is 0 Å². The van der Waals surface area contributed by atoms with Gasteiger partial charge < -0.3 is 15.4 Å². The van der Waals surface area contributed by atoms with Gasteiger partial charge in [0.05, 0.1) is 13.2 Å². The van der Waals surface area contributed by atoms with Gasteiger partial charge in [-0.05, 0) is 50.1 Å². The van der Waals surface area contributed by atoms with Gasteiger partial charge in [0.2, 0.25) is 0 Å². The average Bonchev–Trinajstić information content (AvgIpc) is 2.63. The number of aliphatic imine (C=N–C) groups is 1. The lowest BCUT2D eigenvalue weighted by Gasteiger charge is -2.12. The molecule has 0 aliphatic heterocycles. The van der Waals surface area contributed by atoms with E-state index in [2.05, 4.69) is 46.6 Å². The highest BCUT2D eigenvalue weighted by Crippen LogP contribution is 2.19. The fourth-order valence-corrected chi connectivity index (χ4v) is 2.49. The van der Waals surface area contributed by atoms with Gasteiger partial charge in [-0.3, -0.25) is 4.98 Å².